The number of hydrogen-bond donors (Lipinski definition) is 2. The molecule has 0 amide bonds. The molecule has 1 aromatic heterocycles. The first-order valence-electron chi connectivity index (χ1n) is 5.38. The topological polar surface area (TPSA) is 87.5 Å². The van der Waals surface area contributed by atoms with E-state index in [-0.39, 0.29) is 0 Å². The molecule has 0 aliphatic carbocycles. The molecule has 19 heavy (non-hydrogen) atoms. The molecular formula is C13H11CrNO4. The van der Waals surface area contributed by atoms with E-state index in [0.717, 1.165) is 11.0 Å². The SMILES string of the molecule is [O]=[Cr](=[O])([OH])[OH].c1ccc2nc3ccccc3cc2c1. The molecule has 0 saturated carbocycles. The van der Waals surface area contributed by atoms with Gasteiger partial charge in [0.2, 0.25) is 0 Å². The van der Waals surface area contributed by atoms with Gasteiger partial charge in [-0.1, -0.05) is 36.4 Å². The van der Waals surface area contributed by atoms with Crippen molar-refractivity contribution in [1.82, 2.24) is 4.98 Å². The quantitative estimate of drug-likeness (QED) is 0.620. The maximum atomic E-state index is 8.82. The number of pyridine rings is 1. The molecule has 98 valence electrons. The monoisotopic (exact) mass is 297 g/mol. The fourth-order valence-corrected chi connectivity index (χ4v) is 1.72. The van der Waals surface area contributed by atoms with Crippen LogP contribution >= 0.6 is 0 Å². The van der Waals surface area contributed by atoms with Crippen LogP contribution in [0.25, 0.3) is 21.8 Å². The van der Waals surface area contributed by atoms with E-state index in [1.54, 1.807) is 0 Å². The predicted octanol–water partition coefficient (Wildman–Crippen LogP) is 2.03. The van der Waals surface area contributed by atoms with E-state index < -0.39 is 13.6 Å². The van der Waals surface area contributed by atoms with Gasteiger partial charge in [0.1, 0.15) is 0 Å². The molecule has 0 atom stereocenters. The molecule has 0 spiro atoms. The van der Waals surface area contributed by atoms with E-state index in [0.29, 0.717) is 0 Å². The summed E-state index contributed by atoms with van der Waals surface area (Å²) < 4.78 is 31.9. The zero-order valence-corrected chi connectivity index (χ0v) is 11.0. The number of aromatic nitrogens is 1. The van der Waals surface area contributed by atoms with Crippen LogP contribution in [-0.4, -0.2) is 13.3 Å². The molecule has 1 heterocycles. The van der Waals surface area contributed by atoms with Crippen LogP contribution in [-0.2, 0) is 21.2 Å². The van der Waals surface area contributed by atoms with E-state index in [1.807, 2.05) is 36.4 Å². The fourth-order valence-electron chi connectivity index (χ4n) is 1.72. The van der Waals surface area contributed by atoms with Crippen molar-refractivity contribution >= 4 is 21.8 Å². The van der Waals surface area contributed by atoms with Crippen molar-refractivity contribution in [1.29, 1.82) is 0 Å². The number of nitrogens with zero attached hydrogens (tertiary/aromatic N) is 1. The number of rotatable bonds is 0. The fraction of sp³-hybridized carbons (Fsp3) is 0. The van der Waals surface area contributed by atoms with Crippen molar-refractivity contribution in [3.63, 3.8) is 0 Å². The van der Waals surface area contributed by atoms with Crippen molar-refractivity contribution in [2.45, 2.75) is 0 Å². The Morgan fingerprint density at radius 1 is 0.789 bits per heavy atom. The Balaban J connectivity index is 0.000000232. The minimum absolute atomic E-state index is 1.06. The molecule has 0 radical (unpaired) electrons. The number of hydrogen-bond acceptors (Lipinski definition) is 3. The van der Waals surface area contributed by atoms with E-state index >= 15 is 0 Å². The van der Waals surface area contributed by atoms with E-state index in [4.69, 9.17) is 15.9 Å². The first kappa shape index (κ1) is 13.6. The summed E-state index contributed by atoms with van der Waals surface area (Å²) in [5, 5.41) is 2.40. The second-order valence-electron chi connectivity index (χ2n) is 3.82. The predicted molar refractivity (Wildman–Crippen MR) is 65.1 cm³/mol. The van der Waals surface area contributed by atoms with Crippen LogP contribution in [0.4, 0.5) is 0 Å². The average molecular weight is 297 g/mol. The summed E-state index contributed by atoms with van der Waals surface area (Å²) in [5.74, 6) is 0. The van der Waals surface area contributed by atoms with Crippen molar-refractivity contribution in [3.05, 3.63) is 54.6 Å². The Kier molecular flexibility index (Phi) is 3.88. The number of para-hydroxylation sites is 2. The molecule has 6 heteroatoms. The molecule has 0 saturated heterocycles. The third-order valence-electron chi connectivity index (χ3n) is 2.43. The van der Waals surface area contributed by atoms with Gasteiger partial charge in [0, 0.05) is 10.8 Å². The van der Waals surface area contributed by atoms with Crippen LogP contribution in [0.2, 0.25) is 0 Å². The second-order valence-corrected chi connectivity index (χ2v) is 5.22. The molecule has 2 N–H and O–H groups in total. The largest absolute Gasteiger partial charge is 0.248 e. The minimum atomic E-state index is -5.25. The van der Waals surface area contributed by atoms with Gasteiger partial charge in [-0.15, -0.1) is 0 Å². The van der Waals surface area contributed by atoms with Crippen molar-refractivity contribution in [2.24, 2.45) is 0 Å². The molecule has 0 aliphatic rings. The van der Waals surface area contributed by atoms with E-state index in [2.05, 4.69) is 23.2 Å². The summed E-state index contributed by atoms with van der Waals surface area (Å²) in [6, 6.07) is 18.6. The summed E-state index contributed by atoms with van der Waals surface area (Å²) in [5.41, 5.74) is 2.12. The molecule has 0 fully saturated rings. The molecule has 2 aromatic carbocycles. The number of fused-ring (bicyclic) bond motifs is 2. The molecule has 0 aliphatic heterocycles. The van der Waals surface area contributed by atoms with Crippen LogP contribution in [0.1, 0.15) is 0 Å². The van der Waals surface area contributed by atoms with Gasteiger partial charge in [0.15, 0.2) is 0 Å². The summed E-state index contributed by atoms with van der Waals surface area (Å²) in [6.07, 6.45) is 0. The summed E-state index contributed by atoms with van der Waals surface area (Å²) >= 11 is -5.25. The molecule has 0 unspecified atom stereocenters. The van der Waals surface area contributed by atoms with Crippen LogP contribution in [0.15, 0.2) is 54.6 Å². The normalized spacial score (nSPS) is 11.1. The zero-order valence-electron chi connectivity index (χ0n) is 9.76. The van der Waals surface area contributed by atoms with Gasteiger partial charge < -0.3 is 0 Å². The number of benzene rings is 2. The van der Waals surface area contributed by atoms with Gasteiger partial charge >= 0.3 is 29.5 Å². The van der Waals surface area contributed by atoms with Crippen LogP contribution < -0.4 is 0 Å². The molecule has 5 nitrogen and oxygen atoms in total. The first-order chi connectivity index (χ1) is 8.93. The minimum Gasteiger partial charge on any atom is -0.248 e. The standard InChI is InChI=1S/C13H9N.Cr.2H2O.2O/c1-3-7-12-10(5-1)9-11-6-2-4-8-13(11)14-12;;;;;/h1-9H;;2*1H2;;/q;+2;;;;/p-2. The van der Waals surface area contributed by atoms with Gasteiger partial charge in [0.25, 0.3) is 0 Å². The third kappa shape index (κ3) is 4.09. The van der Waals surface area contributed by atoms with Crippen LogP contribution in [0, 0.1) is 0 Å². The van der Waals surface area contributed by atoms with E-state index in [9.17, 15) is 0 Å². The molecule has 3 aromatic rings. The van der Waals surface area contributed by atoms with E-state index in [1.165, 1.54) is 10.8 Å². The average Bonchev–Trinajstić information content (AvgIpc) is 2.34. The Morgan fingerprint density at radius 3 is 1.58 bits per heavy atom. The maximum absolute atomic E-state index is 8.82. The first-order valence-corrected chi connectivity index (χ1v) is 7.56. The molecule has 0 bridgehead atoms. The summed E-state index contributed by atoms with van der Waals surface area (Å²) in [7, 11) is 0. The molecule has 3 rings (SSSR count). The van der Waals surface area contributed by atoms with Gasteiger partial charge in [-0.25, -0.2) is 4.98 Å². The smallest absolute Gasteiger partial charge is 0.0709 e. The third-order valence-corrected chi connectivity index (χ3v) is 2.43. The molecular weight excluding hydrogens is 286 g/mol. The Morgan fingerprint density at radius 2 is 1.16 bits per heavy atom. The van der Waals surface area contributed by atoms with Gasteiger partial charge in [0.05, 0.1) is 11.0 Å². The Labute approximate surface area is 111 Å². The second kappa shape index (κ2) is 5.43. The van der Waals surface area contributed by atoms with Crippen molar-refractivity contribution in [2.75, 3.05) is 0 Å². The van der Waals surface area contributed by atoms with Crippen LogP contribution in [0.5, 0.6) is 0 Å². The van der Waals surface area contributed by atoms with Gasteiger partial charge in [-0.3, -0.25) is 0 Å². The van der Waals surface area contributed by atoms with Crippen molar-refractivity contribution < 1.29 is 29.5 Å². The van der Waals surface area contributed by atoms with Crippen molar-refractivity contribution in [3.8, 4) is 0 Å². The van der Waals surface area contributed by atoms with Crippen LogP contribution in [0.3, 0.4) is 0 Å². The Hall–Kier alpha value is -1.84. The Bertz CT molecular complexity index is 702. The maximum Gasteiger partial charge on any atom is 0.0709 e. The summed E-state index contributed by atoms with van der Waals surface area (Å²) in [6.45, 7) is 0. The zero-order chi connectivity index (χ0) is 13.9. The van der Waals surface area contributed by atoms with Gasteiger partial charge in [-0.2, -0.15) is 0 Å². The van der Waals surface area contributed by atoms with Gasteiger partial charge in [-0.05, 0) is 18.2 Å². The summed E-state index contributed by atoms with van der Waals surface area (Å²) in [4.78, 5) is 4.58.